The quantitative estimate of drug-likeness (QED) is 0.779. The lowest BCUT2D eigenvalue weighted by atomic mass is 9.90. The second-order valence-electron chi connectivity index (χ2n) is 3.98. The minimum atomic E-state index is -0.0370. The fraction of sp³-hybridized carbons (Fsp3) is 0.417. The second-order valence-corrected chi connectivity index (χ2v) is 4.42. The Labute approximate surface area is 94.6 Å². The van der Waals surface area contributed by atoms with E-state index in [0.717, 1.165) is 18.5 Å². The average Bonchev–Trinajstić information content (AvgIpc) is 2.16. The molecule has 0 heterocycles. The van der Waals surface area contributed by atoms with E-state index in [1.807, 2.05) is 12.1 Å². The number of hydrogen-bond acceptors (Lipinski definition) is 1. The molecular weight excluding hydrogens is 210 g/mol. The number of halogens is 1. The monoisotopic (exact) mass is 223 g/mol. The van der Waals surface area contributed by atoms with Crippen LogP contribution in [0.4, 0.5) is 5.69 Å². The number of carbonyl (C=O) groups is 1. The van der Waals surface area contributed by atoms with E-state index in [1.54, 1.807) is 0 Å². The number of benzene rings is 1. The van der Waals surface area contributed by atoms with Gasteiger partial charge in [0.1, 0.15) is 0 Å². The van der Waals surface area contributed by atoms with Gasteiger partial charge in [-0.3, -0.25) is 4.79 Å². The Balaban J connectivity index is 2.43. The first kappa shape index (κ1) is 10.5. The predicted octanol–water partition coefficient (Wildman–Crippen LogP) is 3.18. The van der Waals surface area contributed by atoms with Gasteiger partial charge in [0.2, 0.25) is 5.91 Å². The summed E-state index contributed by atoms with van der Waals surface area (Å²) in [5, 5.41) is 3.56. The van der Waals surface area contributed by atoms with Crippen molar-refractivity contribution in [3.63, 3.8) is 0 Å². The molecule has 1 N–H and O–H groups in total. The Morgan fingerprint density at radius 3 is 2.80 bits per heavy atom. The van der Waals surface area contributed by atoms with Gasteiger partial charge >= 0.3 is 0 Å². The maximum Gasteiger partial charge on any atom is 0.221 e. The van der Waals surface area contributed by atoms with Crippen LogP contribution in [-0.4, -0.2) is 5.91 Å². The van der Waals surface area contributed by atoms with Crippen molar-refractivity contribution in [2.24, 2.45) is 0 Å². The Morgan fingerprint density at radius 2 is 2.07 bits per heavy atom. The summed E-state index contributed by atoms with van der Waals surface area (Å²) in [6.07, 6.45) is 4.53. The van der Waals surface area contributed by atoms with Gasteiger partial charge in [0, 0.05) is 17.6 Å². The number of anilines is 1. The van der Waals surface area contributed by atoms with Crippen molar-refractivity contribution in [2.75, 3.05) is 5.32 Å². The molecule has 0 aromatic heterocycles. The van der Waals surface area contributed by atoms with E-state index >= 15 is 0 Å². The van der Waals surface area contributed by atoms with Gasteiger partial charge in [-0.1, -0.05) is 11.6 Å². The van der Waals surface area contributed by atoms with Crippen LogP contribution in [0, 0.1) is 0 Å². The Kier molecular flexibility index (Phi) is 2.96. The molecule has 1 aromatic rings. The van der Waals surface area contributed by atoms with Crippen LogP contribution in [0.3, 0.4) is 0 Å². The predicted molar refractivity (Wildman–Crippen MR) is 62.4 cm³/mol. The number of fused-ring (bicyclic) bond motifs is 1. The molecule has 1 aromatic carbocycles. The van der Waals surface area contributed by atoms with Crippen LogP contribution in [-0.2, 0) is 17.6 Å². The standard InChI is InChI=1S/C12H14ClNO/c1-8(15)14-12-7-10(13)6-9-4-2-3-5-11(9)12/h6-7H,2-5H2,1H3,(H,14,15). The molecule has 0 atom stereocenters. The van der Waals surface area contributed by atoms with E-state index in [9.17, 15) is 4.79 Å². The minimum absolute atomic E-state index is 0.0370. The topological polar surface area (TPSA) is 29.1 Å². The van der Waals surface area contributed by atoms with Crippen molar-refractivity contribution < 1.29 is 4.79 Å². The van der Waals surface area contributed by atoms with E-state index < -0.39 is 0 Å². The maximum absolute atomic E-state index is 11.1. The highest BCUT2D eigenvalue weighted by atomic mass is 35.5. The molecule has 0 fully saturated rings. The lowest BCUT2D eigenvalue weighted by Crippen LogP contribution is -2.12. The summed E-state index contributed by atoms with van der Waals surface area (Å²) in [4.78, 5) is 11.1. The summed E-state index contributed by atoms with van der Waals surface area (Å²) in [6.45, 7) is 1.52. The van der Waals surface area contributed by atoms with E-state index in [1.165, 1.54) is 30.9 Å². The van der Waals surface area contributed by atoms with Gasteiger partial charge in [0.05, 0.1) is 0 Å². The third-order valence-electron chi connectivity index (χ3n) is 2.74. The third kappa shape index (κ3) is 2.32. The molecule has 0 unspecified atom stereocenters. The number of rotatable bonds is 1. The fourth-order valence-corrected chi connectivity index (χ4v) is 2.37. The summed E-state index contributed by atoms with van der Waals surface area (Å²) in [7, 11) is 0. The zero-order valence-corrected chi connectivity index (χ0v) is 9.53. The molecule has 0 saturated carbocycles. The average molecular weight is 224 g/mol. The van der Waals surface area contributed by atoms with Crippen LogP contribution in [0.15, 0.2) is 12.1 Å². The molecule has 3 heteroatoms. The van der Waals surface area contributed by atoms with Crippen LogP contribution >= 0.6 is 11.6 Å². The molecule has 0 saturated heterocycles. The zero-order chi connectivity index (χ0) is 10.8. The molecule has 0 aliphatic heterocycles. The largest absolute Gasteiger partial charge is 0.326 e. The molecule has 0 radical (unpaired) electrons. The molecule has 0 spiro atoms. The van der Waals surface area contributed by atoms with Crippen molar-refractivity contribution in [3.8, 4) is 0 Å². The lowest BCUT2D eigenvalue weighted by Gasteiger charge is -2.19. The van der Waals surface area contributed by atoms with Gasteiger partial charge < -0.3 is 5.32 Å². The first-order valence-corrected chi connectivity index (χ1v) is 5.63. The number of carbonyl (C=O) groups excluding carboxylic acids is 1. The van der Waals surface area contributed by atoms with Crippen LogP contribution in [0.2, 0.25) is 5.02 Å². The number of aryl methyl sites for hydroxylation is 1. The van der Waals surface area contributed by atoms with Crippen LogP contribution in [0.1, 0.15) is 30.9 Å². The summed E-state index contributed by atoms with van der Waals surface area (Å²) in [5.74, 6) is -0.0370. The molecule has 80 valence electrons. The zero-order valence-electron chi connectivity index (χ0n) is 8.77. The smallest absolute Gasteiger partial charge is 0.221 e. The Morgan fingerprint density at radius 1 is 1.33 bits per heavy atom. The fourth-order valence-electron chi connectivity index (χ4n) is 2.13. The highest BCUT2D eigenvalue weighted by molar-refractivity contribution is 6.31. The number of nitrogens with one attached hydrogen (secondary N) is 1. The minimum Gasteiger partial charge on any atom is -0.326 e. The van der Waals surface area contributed by atoms with E-state index in [0.29, 0.717) is 5.02 Å². The first-order valence-electron chi connectivity index (χ1n) is 5.25. The molecule has 1 amide bonds. The van der Waals surface area contributed by atoms with Crippen molar-refractivity contribution >= 4 is 23.2 Å². The summed E-state index contributed by atoms with van der Waals surface area (Å²) >= 11 is 6.01. The third-order valence-corrected chi connectivity index (χ3v) is 2.96. The molecule has 2 nitrogen and oxygen atoms in total. The highest BCUT2D eigenvalue weighted by Gasteiger charge is 2.14. The van der Waals surface area contributed by atoms with E-state index in [4.69, 9.17) is 11.6 Å². The highest BCUT2D eigenvalue weighted by Crippen LogP contribution is 2.31. The summed E-state index contributed by atoms with van der Waals surface area (Å²) in [5.41, 5.74) is 3.45. The van der Waals surface area contributed by atoms with Gasteiger partial charge in [-0.05, 0) is 48.9 Å². The van der Waals surface area contributed by atoms with Gasteiger partial charge in [0.15, 0.2) is 0 Å². The number of hydrogen-bond donors (Lipinski definition) is 1. The Bertz CT molecular complexity index is 401. The van der Waals surface area contributed by atoms with Gasteiger partial charge in [-0.25, -0.2) is 0 Å². The molecule has 1 aliphatic carbocycles. The maximum atomic E-state index is 11.1. The molecule has 15 heavy (non-hydrogen) atoms. The Hall–Kier alpha value is -1.02. The molecular formula is C12H14ClNO. The van der Waals surface area contributed by atoms with Gasteiger partial charge in [0.25, 0.3) is 0 Å². The van der Waals surface area contributed by atoms with Gasteiger partial charge in [-0.15, -0.1) is 0 Å². The SMILES string of the molecule is CC(=O)Nc1cc(Cl)cc2c1CCCC2. The van der Waals surface area contributed by atoms with Gasteiger partial charge in [-0.2, -0.15) is 0 Å². The normalized spacial score (nSPS) is 14.5. The van der Waals surface area contributed by atoms with Crippen molar-refractivity contribution in [1.82, 2.24) is 0 Å². The van der Waals surface area contributed by atoms with Crippen molar-refractivity contribution in [3.05, 3.63) is 28.3 Å². The number of amides is 1. The van der Waals surface area contributed by atoms with E-state index in [-0.39, 0.29) is 5.91 Å². The van der Waals surface area contributed by atoms with Crippen LogP contribution in [0.25, 0.3) is 0 Å². The van der Waals surface area contributed by atoms with Crippen molar-refractivity contribution in [2.45, 2.75) is 32.6 Å². The molecule has 0 bridgehead atoms. The summed E-state index contributed by atoms with van der Waals surface area (Å²) < 4.78 is 0. The summed E-state index contributed by atoms with van der Waals surface area (Å²) in [6, 6.07) is 3.86. The lowest BCUT2D eigenvalue weighted by molar-refractivity contribution is -0.114. The molecule has 2 rings (SSSR count). The van der Waals surface area contributed by atoms with E-state index in [2.05, 4.69) is 5.32 Å². The van der Waals surface area contributed by atoms with Crippen LogP contribution in [0.5, 0.6) is 0 Å². The van der Waals surface area contributed by atoms with Crippen LogP contribution < -0.4 is 5.32 Å². The van der Waals surface area contributed by atoms with Crippen molar-refractivity contribution in [1.29, 1.82) is 0 Å². The first-order chi connectivity index (χ1) is 7.16. The second kappa shape index (κ2) is 4.23. The molecule has 1 aliphatic rings.